The second-order valence-corrected chi connectivity index (χ2v) is 5.78. The standard InChI is InChI=1S/C15H22/c1-12-9-10-14(11-15(12,2)3)13-7-5-4-6-8-13/h4-8,12,14H,9-11H2,1-3H3. The summed E-state index contributed by atoms with van der Waals surface area (Å²) in [5.74, 6) is 1.66. The van der Waals surface area contributed by atoms with Crippen LogP contribution in [0.15, 0.2) is 30.3 Å². The predicted octanol–water partition coefficient (Wildman–Crippen LogP) is 4.62. The predicted molar refractivity (Wildman–Crippen MR) is 66.0 cm³/mol. The maximum absolute atomic E-state index is 2.42. The molecule has 1 fully saturated rings. The molecule has 0 spiro atoms. The van der Waals surface area contributed by atoms with Crippen LogP contribution >= 0.6 is 0 Å². The van der Waals surface area contributed by atoms with Gasteiger partial charge >= 0.3 is 0 Å². The van der Waals surface area contributed by atoms with E-state index in [4.69, 9.17) is 0 Å². The second kappa shape index (κ2) is 4.00. The first-order chi connectivity index (χ1) is 7.09. The van der Waals surface area contributed by atoms with Gasteiger partial charge in [0.2, 0.25) is 0 Å². The number of benzene rings is 1. The first-order valence-electron chi connectivity index (χ1n) is 6.14. The van der Waals surface area contributed by atoms with Crippen molar-refractivity contribution in [1.29, 1.82) is 0 Å². The normalized spacial score (nSPS) is 30.1. The maximum Gasteiger partial charge on any atom is -0.0157 e. The van der Waals surface area contributed by atoms with Gasteiger partial charge in [0.1, 0.15) is 0 Å². The van der Waals surface area contributed by atoms with E-state index in [9.17, 15) is 0 Å². The van der Waals surface area contributed by atoms with E-state index < -0.39 is 0 Å². The van der Waals surface area contributed by atoms with Gasteiger partial charge < -0.3 is 0 Å². The molecular formula is C15H22. The summed E-state index contributed by atoms with van der Waals surface area (Å²) in [6.07, 6.45) is 4.10. The van der Waals surface area contributed by atoms with Gasteiger partial charge in [0.15, 0.2) is 0 Å². The highest BCUT2D eigenvalue weighted by Gasteiger charge is 2.34. The third-order valence-electron chi connectivity index (χ3n) is 4.33. The highest BCUT2D eigenvalue weighted by molar-refractivity contribution is 5.20. The van der Waals surface area contributed by atoms with Crippen molar-refractivity contribution in [2.45, 2.75) is 46.0 Å². The lowest BCUT2D eigenvalue weighted by atomic mass is 9.64. The minimum Gasteiger partial charge on any atom is -0.0622 e. The molecule has 15 heavy (non-hydrogen) atoms. The Kier molecular flexibility index (Phi) is 2.86. The zero-order valence-electron chi connectivity index (χ0n) is 10.2. The summed E-state index contributed by atoms with van der Waals surface area (Å²) in [7, 11) is 0. The fourth-order valence-corrected chi connectivity index (χ4v) is 2.79. The molecule has 0 heteroatoms. The third-order valence-corrected chi connectivity index (χ3v) is 4.33. The zero-order chi connectivity index (χ0) is 10.9. The van der Waals surface area contributed by atoms with E-state index in [1.807, 2.05) is 0 Å². The Labute approximate surface area is 93.7 Å². The van der Waals surface area contributed by atoms with Gasteiger partial charge in [-0.05, 0) is 42.1 Å². The summed E-state index contributed by atoms with van der Waals surface area (Å²) < 4.78 is 0. The van der Waals surface area contributed by atoms with Crippen LogP contribution in [0.3, 0.4) is 0 Å². The molecule has 0 amide bonds. The third kappa shape index (κ3) is 2.25. The minimum absolute atomic E-state index is 0.513. The van der Waals surface area contributed by atoms with E-state index in [0.29, 0.717) is 5.41 Å². The zero-order valence-corrected chi connectivity index (χ0v) is 10.2. The van der Waals surface area contributed by atoms with E-state index in [1.54, 1.807) is 0 Å². The molecule has 1 aromatic carbocycles. The molecular weight excluding hydrogens is 180 g/mol. The largest absolute Gasteiger partial charge is 0.0622 e. The SMILES string of the molecule is CC1CCC(c2ccccc2)CC1(C)C. The summed E-state index contributed by atoms with van der Waals surface area (Å²) >= 11 is 0. The Morgan fingerprint density at radius 2 is 1.73 bits per heavy atom. The van der Waals surface area contributed by atoms with E-state index in [2.05, 4.69) is 51.1 Å². The molecule has 0 bridgehead atoms. The van der Waals surface area contributed by atoms with Crippen LogP contribution in [-0.4, -0.2) is 0 Å². The van der Waals surface area contributed by atoms with Crippen molar-refractivity contribution >= 4 is 0 Å². The van der Waals surface area contributed by atoms with Crippen LogP contribution in [0.25, 0.3) is 0 Å². The van der Waals surface area contributed by atoms with Crippen molar-refractivity contribution < 1.29 is 0 Å². The van der Waals surface area contributed by atoms with Crippen molar-refractivity contribution in [2.24, 2.45) is 11.3 Å². The molecule has 0 aromatic heterocycles. The number of hydrogen-bond donors (Lipinski definition) is 0. The second-order valence-electron chi connectivity index (χ2n) is 5.78. The van der Waals surface area contributed by atoms with E-state index in [-0.39, 0.29) is 0 Å². The van der Waals surface area contributed by atoms with Crippen LogP contribution in [0.4, 0.5) is 0 Å². The average Bonchev–Trinajstić information content (AvgIpc) is 2.23. The summed E-state index contributed by atoms with van der Waals surface area (Å²) in [6, 6.07) is 11.0. The molecule has 0 radical (unpaired) electrons. The summed E-state index contributed by atoms with van der Waals surface area (Å²) in [5.41, 5.74) is 2.05. The molecule has 0 nitrogen and oxygen atoms in total. The lowest BCUT2D eigenvalue weighted by molar-refractivity contribution is 0.136. The number of hydrogen-bond acceptors (Lipinski definition) is 0. The molecule has 0 N–H and O–H groups in total. The summed E-state index contributed by atoms with van der Waals surface area (Å²) in [6.45, 7) is 7.25. The molecule has 1 saturated carbocycles. The molecule has 1 aliphatic carbocycles. The minimum atomic E-state index is 0.513. The van der Waals surface area contributed by atoms with Gasteiger partial charge in [-0.1, -0.05) is 51.1 Å². The Bertz CT molecular complexity index is 310. The molecule has 0 aliphatic heterocycles. The Morgan fingerprint density at radius 3 is 2.33 bits per heavy atom. The molecule has 82 valence electrons. The van der Waals surface area contributed by atoms with Gasteiger partial charge in [-0.2, -0.15) is 0 Å². The molecule has 2 rings (SSSR count). The quantitative estimate of drug-likeness (QED) is 0.623. The van der Waals surface area contributed by atoms with Gasteiger partial charge in [-0.25, -0.2) is 0 Å². The first-order valence-corrected chi connectivity index (χ1v) is 6.14. The lowest BCUT2D eigenvalue weighted by Crippen LogP contribution is -2.29. The van der Waals surface area contributed by atoms with Gasteiger partial charge in [-0.15, -0.1) is 0 Å². The fourth-order valence-electron chi connectivity index (χ4n) is 2.79. The highest BCUT2D eigenvalue weighted by Crippen LogP contribution is 2.46. The topological polar surface area (TPSA) is 0 Å². The Morgan fingerprint density at radius 1 is 1.07 bits per heavy atom. The van der Waals surface area contributed by atoms with E-state index in [0.717, 1.165) is 11.8 Å². The molecule has 2 unspecified atom stereocenters. The highest BCUT2D eigenvalue weighted by atomic mass is 14.4. The van der Waals surface area contributed by atoms with Crippen LogP contribution in [0.5, 0.6) is 0 Å². The maximum atomic E-state index is 2.42. The smallest absolute Gasteiger partial charge is 0.0157 e. The van der Waals surface area contributed by atoms with Crippen molar-refractivity contribution in [2.75, 3.05) is 0 Å². The molecule has 0 saturated heterocycles. The van der Waals surface area contributed by atoms with E-state index >= 15 is 0 Å². The summed E-state index contributed by atoms with van der Waals surface area (Å²) in [5, 5.41) is 0. The molecule has 0 heterocycles. The van der Waals surface area contributed by atoms with Crippen molar-refractivity contribution in [1.82, 2.24) is 0 Å². The average molecular weight is 202 g/mol. The van der Waals surface area contributed by atoms with Crippen LogP contribution in [0.2, 0.25) is 0 Å². The summed E-state index contributed by atoms with van der Waals surface area (Å²) in [4.78, 5) is 0. The lowest BCUT2D eigenvalue weighted by Gasteiger charge is -2.41. The van der Waals surface area contributed by atoms with Gasteiger partial charge in [-0.3, -0.25) is 0 Å². The fraction of sp³-hybridized carbons (Fsp3) is 0.600. The van der Waals surface area contributed by atoms with Crippen LogP contribution in [-0.2, 0) is 0 Å². The van der Waals surface area contributed by atoms with Gasteiger partial charge in [0, 0.05) is 0 Å². The Hall–Kier alpha value is -0.780. The van der Waals surface area contributed by atoms with Gasteiger partial charge in [0.25, 0.3) is 0 Å². The van der Waals surface area contributed by atoms with Crippen molar-refractivity contribution in [3.05, 3.63) is 35.9 Å². The van der Waals surface area contributed by atoms with Crippen LogP contribution in [0.1, 0.15) is 51.5 Å². The van der Waals surface area contributed by atoms with Gasteiger partial charge in [0.05, 0.1) is 0 Å². The molecule has 2 atom stereocenters. The van der Waals surface area contributed by atoms with E-state index in [1.165, 1.54) is 24.8 Å². The monoisotopic (exact) mass is 202 g/mol. The first kappa shape index (κ1) is 10.7. The Balaban J connectivity index is 2.14. The van der Waals surface area contributed by atoms with Crippen molar-refractivity contribution in [3.63, 3.8) is 0 Å². The molecule has 1 aliphatic rings. The number of rotatable bonds is 1. The molecule has 1 aromatic rings. The van der Waals surface area contributed by atoms with Crippen molar-refractivity contribution in [3.8, 4) is 0 Å². The van der Waals surface area contributed by atoms with Crippen LogP contribution in [0, 0.1) is 11.3 Å². The van der Waals surface area contributed by atoms with Crippen LogP contribution < -0.4 is 0 Å².